The Morgan fingerprint density at radius 3 is 2.23 bits per heavy atom. The zero-order valence-corrected chi connectivity index (χ0v) is 23.7. The first kappa shape index (κ1) is 28.4. The molecule has 0 saturated heterocycles. The number of ether oxygens (including phenoxy) is 3. The fourth-order valence-corrected chi connectivity index (χ4v) is 5.64. The lowest BCUT2D eigenvalue weighted by atomic mass is 9.71. The van der Waals surface area contributed by atoms with E-state index in [2.05, 4.69) is 36.2 Å². The average Bonchev–Trinajstić information content (AvgIpc) is 2.95. The van der Waals surface area contributed by atoms with Gasteiger partial charge in [0.25, 0.3) is 0 Å². The van der Waals surface area contributed by atoms with Gasteiger partial charge in [0.1, 0.15) is 12.4 Å². The summed E-state index contributed by atoms with van der Waals surface area (Å²) >= 11 is 0. The number of ketones is 1. The van der Waals surface area contributed by atoms with Gasteiger partial charge in [-0.05, 0) is 75.4 Å². The third kappa shape index (κ3) is 6.19. The van der Waals surface area contributed by atoms with Crippen molar-refractivity contribution in [1.29, 1.82) is 0 Å². The first-order valence-corrected chi connectivity index (χ1v) is 13.9. The maximum absolute atomic E-state index is 13.8. The van der Waals surface area contributed by atoms with Gasteiger partial charge in [-0.2, -0.15) is 0 Å². The normalized spacial score (nSPS) is 18.9. The van der Waals surface area contributed by atoms with Gasteiger partial charge in [0.05, 0.1) is 19.3 Å². The lowest BCUT2D eigenvalue weighted by Crippen LogP contribution is -2.36. The lowest BCUT2D eigenvalue weighted by Gasteiger charge is -2.37. The highest BCUT2D eigenvalue weighted by Gasteiger charge is 2.41. The number of rotatable bonds is 11. The van der Waals surface area contributed by atoms with Gasteiger partial charge in [-0.3, -0.25) is 4.79 Å². The van der Waals surface area contributed by atoms with E-state index in [0.717, 1.165) is 47.0 Å². The molecule has 39 heavy (non-hydrogen) atoms. The standard InChI is InChI=1S/C32H40N2O5/c1-6-34(7-2)25-13-9-23(10-14-25)30-29(32(36)39-18-17-38-8-3)21(4)33-27-19-24(20-28(35)31(27)30)22-11-15-26(37-5)16-12-22/h9-16,24,30,33H,6-8,17-20H2,1-5H3/t24-,30-/m0/s1. The Bertz CT molecular complexity index is 1230. The Kier molecular flexibility index (Phi) is 9.46. The monoisotopic (exact) mass is 532 g/mol. The topological polar surface area (TPSA) is 77.1 Å². The summed E-state index contributed by atoms with van der Waals surface area (Å²) in [6.45, 7) is 10.9. The number of anilines is 1. The minimum absolute atomic E-state index is 0.0489. The molecular weight excluding hydrogens is 492 g/mol. The van der Waals surface area contributed by atoms with Crippen LogP contribution >= 0.6 is 0 Å². The molecule has 208 valence electrons. The summed E-state index contributed by atoms with van der Waals surface area (Å²) < 4.78 is 16.3. The van der Waals surface area contributed by atoms with Crippen LogP contribution < -0.4 is 15.0 Å². The Hall–Kier alpha value is -3.58. The summed E-state index contributed by atoms with van der Waals surface area (Å²) in [6.07, 6.45) is 1.07. The van der Waals surface area contributed by atoms with E-state index in [0.29, 0.717) is 37.2 Å². The molecule has 1 aliphatic carbocycles. The van der Waals surface area contributed by atoms with E-state index >= 15 is 0 Å². The molecule has 0 spiro atoms. The third-order valence-electron chi connectivity index (χ3n) is 7.65. The summed E-state index contributed by atoms with van der Waals surface area (Å²) in [4.78, 5) is 29.5. The molecule has 2 atom stereocenters. The number of carbonyl (C=O) groups excluding carboxylic acids is 2. The smallest absolute Gasteiger partial charge is 0.336 e. The van der Waals surface area contributed by atoms with Crippen LogP contribution in [0.5, 0.6) is 5.75 Å². The second-order valence-electron chi connectivity index (χ2n) is 9.89. The summed E-state index contributed by atoms with van der Waals surface area (Å²) in [5, 5.41) is 3.42. The predicted molar refractivity (Wildman–Crippen MR) is 153 cm³/mol. The van der Waals surface area contributed by atoms with Crippen LogP contribution in [0, 0.1) is 0 Å². The number of methoxy groups -OCH3 is 1. The maximum Gasteiger partial charge on any atom is 0.336 e. The largest absolute Gasteiger partial charge is 0.497 e. The van der Waals surface area contributed by atoms with E-state index in [1.165, 1.54) is 0 Å². The van der Waals surface area contributed by atoms with Gasteiger partial charge in [0, 0.05) is 54.7 Å². The molecule has 7 nitrogen and oxygen atoms in total. The molecule has 0 amide bonds. The minimum Gasteiger partial charge on any atom is -0.497 e. The quantitative estimate of drug-likeness (QED) is 0.303. The molecule has 0 radical (unpaired) electrons. The fraction of sp³-hybridized carbons (Fsp3) is 0.438. The van der Waals surface area contributed by atoms with Crippen LogP contribution in [-0.4, -0.2) is 51.8 Å². The van der Waals surface area contributed by atoms with Crippen molar-refractivity contribution in [3.05, 3.63) is 82.2 Å². The second-order valence-corrected chi connectivity index (χ2v) is 9.89. The van der Waals surface area contributed by atoms with E-state index in [1.54, 1.807) is 7.11 Å². The highest BCUT2D eigenvalue weighted by molar-refractivity contribution is 6.04. The van der Waals surface area contributed by atoms with Gasteiger partial charge < -0.3 is 24.4 Å². The van der Waals surface area contributed by atoms with Crippen molar-refractivity contribution in [2.45, 2.75) is 52.4 Å². The molecule has 2 aliphatic rings. The number of Topliss-reactive ketones (excluding diaryl/α,β-unsaturated/α-hetero) is 1. The summed E-state index contributed by atoms with van der Waals surface area (Å²) in [6, 6.07) is 16.1. The molecule has 1 heterocycles. The number of hydrogen-bond acceptors (Lipinski definition) is 7. The number of dihydropyridines is 1. The van der Waals surface area contributed by atoms with Gasteiger partial charge in [-0.15, -0.1) is 0 Å². The number of carbonyl (C=O) groups is 2. The van der Waals surface area contributed by atoms with Crippen molar-refractivity contribution >= 4 is 17.4 Å². The van der Waals surface area contributed by atoms with E-state index < -0.39 is 11.9 Å². The van der Waals surface area contributed by atoms with Crippen molar-refractivity contribution in [2.75, 3.05) is 44.9 Å². The summed E-state index contributed by atoms with van der Waals surface area (Å²) in [7, 11) is 1.64. The van der Waals surface area contributed by atoms with Crippen LogP contribution in [0.25, 0.3) is 0 Å². The number of nitrogens with one attached hydrogen (secondary N) is 1. The highest BCUT2D eigenvalue weighted by Crippen LogP contribution is 2.46. The summed E-state index contributed by atoms with van der Waals surface area (Å²) in [5.74, 6) is -0.0246. The Morgan fingerprint density at radius 1 is 0.949 bits per heavy atom. The molecule has 4 rings (SSSR count). The van der Waals surface area contributed by atoms with E-state index in [-0.39, 0.29) is 18.3 Å². The molecule has 0 saturated carbocycles. The minimum atomic E-state index is -0.490. The number of benzene rings is 2. The van der Waals surface area contributed by atoms with E-state index in [1.807, 2.05) is 50.2 Å². The van der Waals surface area contributed by atoms with E-state index in [9.17, 15) is 9.59 Å². The van der Waals surface area contributed by atoms with Gasteiger partial charge in [0.15, 0.2) is 5.78 Å². The molecule has 0 aromatic heterocycles. The number of nitrogens with zero attached hydrogens (tertiary/aromatic N) is 1. The Labute approximate surface area is 231 Å². The average molecular weight is 533 g/mol. The fourth-order valence-electron chi connectivity index (χ4n) is 5.64. The molecule has 0 unspecified atom stereocenters. The van der Waals surface area contributed by atoms with Crippen LogP contribution in [0.4, 0.5) is 5.69 Å². The first-order valence-electron chi connectivity index (χ1n) is 13.9. The van der Waals surface area contributed by atoms with Crippen molar-refractivity contribution in [3.8, 4) is 5.75 Å². The number of hydrogen-bond donors (Lipinski definition) is 1. The van der Waals surface area contributed by atoms with E-state index in [4.69, 9.17) is 14.2 Å². The first-order chi connectivity index (χ1) is 18.9. The number of allylic oxidation sites excluding steroid dienone is 3. The van der Waals surface area contributed by atoms with Crippen LogP contribution in [0.1, 0.15) is 63.5 Å². The SMILES string of the molecule is CCOCCOC(=O)C1=C(C)NC2=C(C(=O)C[C@@H](c3ccc(OC)cc3)C2)[C@H]1c1ccc(N(CC)CC)cc1. The van der Waals surface area contributed by atoms with Crippen LogP contribution in [0.3, 0.4) is 0 Å². The van der Waals surface area contributed by atoms with Crippen molar-refractivity contribution in [3.63, 3.8) is 0 Å². The Morgan fingerprint density at radius 2 is 1.62 bits per heavy atom. The lowest BCUT2D eigenvalue weighted by molar-refractivity contribution is -0.140. The van der Waals surface area contributed by atoms with Crippen molar-refractivity contribution in [1.82, 2.24) is 5.32 Å². The molecule has 2 aromatic rings. The van der Waals surface area contributed by atoms with Crippen molar-refractivity contribution in [2.24, 2.45) is 0 Å². The third-order valence-corrected chi connectivity index (χ3v) is 7.65. The Balaban J connectivity index is 1.70. The van der Waals surface area contributed by atoms with Crippen LogP contribution in [0.15, 0.2) is 71.1 Å². The van der Waals surface area contributed by atoms with Gasteiger partial charge in [0.2, 0.25) is 0 Å². The molecule has 2 aromatic carbocycles. The van der Waals surface area contributed by atoms with Gasteiger partial charge >= 0.3 is 5.97 Å². The van der Waals surface area contributed by atoms with Gasteiger partial charge in [-0.1, -0.05) is 24.3 Å². The highest BCUT2D eigenvalue weighted by atomic mass is 16.6. The molecule has 7 heteroatoms. The van der Waals surface area contributed by atoms with Crippen LogP contribution in [-0.2, 0) is 19.1 Å². The second kappa shape index (κ2) is 13.0. The molecular formula is C32H40N2O5. The number of esters is 1. The summed E-state index contributed by atoms with van der Waals surface area (Å²) in [5.41, 5.74) is 5.87. The predicted octanol–water partition coefficient (Wildman–Crippen LogP) is 5.48. The van der Waals surface area contributed by atoms with Gasteiger partial charge in [-0.25, -0.2) is 4.79 Å². The molecule has 1 N–H and O–H groups in total. The van der Waals surface area contributed by atoms with Crippen LogP contribution in [0.2, 0.25) is 0 Å². The van der Waals surface area contributed by atoms with Crippen molar-refractivity contribution < 1.29 is 23.8 Å². The maximum atomic E-state index is 13.8. The zero-order chi connectivity index (χ0) is 27.9. The zero-order valence-electron chi connectivity index (χ0n) is 23.7. The molecule has 0 bridgehead atoms. The molecule has 0 fully saturated rings. The molecule has 1 aliphatic heterocycles.